The van der Waals surface area contributed by atoms with Crippen LogP contribution in [0.5, 0.6) is 0 Å². The summed E-state index contributed by atoms with van der Waals surface area (Å²) in [5, 5.41) is 0. The number of hydrogen-bond donors (Lipinski definition) is 0. The van der Waals surface area contributed by atoms with E-state index in [1.54, 1.807) is 6.26 Å². The molecule has 19 heavy (non-hydrogen) atoms. The number of nitrogens with zero attached hydrogens (tertiary/aromatic N) is 1. The monoisotopic (exact) mass is 263 g/mol. The van der Waals surface area contributed by atoms with Gasteiger partial charge < -0.3 is 9.32 Å². The van der Waals surface area contributed by atoms with E-state index in [-0.39, 0.29) is 5.92 Å². The molecule has 0 bridgehead atoms. The molecule has 0 aromatic carbocycles. The third-order valence-corrected chi connectivity index (χ3v) is 4.17. The molecule has 0 saturated heterocycles. The van der Waals surface area contributed by atoms with Crippen molar-refractivity contribution < 1.29 is 9.21 Å². The number of carbonyl (C=O) groups is 1. The lowest BCUT2D eigenvalue weighted by atomic mass is 10.1. The van der Waals surface area contributed by atoms with Gasteiger partial charge in [0, 0.05) is 24.4 Å². The van der Waals surface area contributed by atoms with Gasteiger partial charge in [-0.15, -0.1) is 0 Å². The van der Waals surface area contributed by atoms with E-state index in [1.165, 1.54) is 0 Å². The Morgan fingerprint density at radius 3 is 2.89 bits per heavy atom. The van der Waals surface area contributed by atoms with E-state index in [9.17, 15) is 4.79 Å². The molecule has 0 spiro atoms. The Hall–Kier alpha value is -1.25. The summed E-state index contributed by atoms with van der Waals surface area (Å²) in [4.78, 5) is 14.7. The Morgan fingerprint density at radius 1 is 1.53 bits per heavy atom. The predicted octanol–water partition coefficient (Wildman–Crippen LogP) is 3.81. The second-order valence-corrected chi connectivity index (χ2v) is 5.61. The molecule has 3 heteroatoms. The van der Waals surface area contributed by atoms with Crippen LogP contribution in [0, 0.1) is 5.92 Å². The summed E-state index contributed by atoms with van der Waals surface area (Å²) in [5.74, 6) is 1.76. The predicted molar refractivity (Wildman–Crippen MR) is 75.9 cm³/mol. The summed E-state index contributed by atoms with van der Waals surface area (Å²) in [6, 6.07) is 4.23. The largest absolute Gasteiger partial charge is 0.469 e. The van der Waals surface area contributed by atoms with Crippen LogP contribution in [0.25, 0.3) is 0 Å². The first-order valence-electron chi connectivity index (χ1n) is 7.52. The van der Waals surface area contributed by atoms with Crippen molar-refractivity contribution in [2.24, 2.45) is 5.92 Å². The maximum absolute atomic E-state index is 12.6. The fraction of sp³-hybridized carbons (Fsp3) is 0.688. The molecule has 0 aliphatic heterocycles. The van der Waals surface area contributed by atoms with Crippen LogP contribution in [0.3, 0.4) is 0 Å². The SMILES string of the molecule is CCCCN(C(=O)C1CC1c1ccco1)C(C)CC. The maximum atomic E-state index is 12.6. The lowest BCUT2D eigenvalue weighted by Gasteiger charge is -2.29. The van der Waals surface area contributed by atoms with Gasteiger partial charge in [-0.2, -0.15) is 0 Å². The average Bonchev–Trinajstić information content (AvgIpc) is 3.04. The first-order chi connectivity index (χ1) is 9.19. The van der Waals surface area contributed by atoms with Gasteiger partial charge in [-0.05, 0) is 38.3 Å². The summed E-state index contributed by atoms with van der Waals surface area (Å²) in [6.45, 7) is 7.36. The molecule has 0 radical (unpaired) electrons. The number of unbranched alkanes of at least 4 members (excludes halogenated alkanes) is 1. The minimum atomic E-state index is 0.150. The Labute approximate surface area is 116 Å². The minimum Gasteiger partial charge on any atom is -0.469 e. The molecular weight excluding hydrogens is 238 g/mol. The van der Waals surface area contributed by atoms with Crippen LogP contribution in [0.1, 0.15) is 58.1 Å². The summed E-state index contributed by atoms with van der Waals surface area (Å²) in [5.41, 5.74) is 0. The summed E-state index contributed by atoms with van der Waals surface area (Å²) in [6.07, 6.45) is 5.89. The second-order valence-electron chi connectivity index (χ2n) is 5.61. The number of hydrogen-bond acceptors (Lipinski definition) is 2. The zero-order valence-corrected chi connectivity index (χ0v) is 12.3. The van der Waals surface area contributed by atoms with Gasteiger partial charge in [0.1, 0.15) is 5.76 Å². The molecule has 0 N–H and O–H groups in total. The second kappa shape index (κ2) is 6.27. The van der Waals surface area contributed by atoms with Gasteiger partial charge in [0.15, 0.2) is 0 Å². The first-order valence-corrected chi connectivity index (χ1v) is 7.52. The van der Waals surface area contributed by atoms with Crippen molar-refractivity contribution in [2.45, 2.75) is 58.4 Å². The lowest BCUT2D eigenvalue weighted by molar-refractivity contribution is -0.134. The van der Waals surface area contributed by atoms with Crippen LogP contribution in [0.4, 0.5) is 0 Å². The molecule has 1 aliphatic carbocycles. The van der Waals surface area contributed by atoms with Crippen LogP contribution in [-0.4, -0.2) is 23.4 Å². The molecule has 1 amide bonds. The average molecular weight is 263 g/mol. The maximum Gasteiger partial charge on any atom is 0.226 e. The summed E-state index contributed by atoms with van der Waals surface area (Å²) >= 11 is 0. The van der Waals surface area contributed by atoms with Gasteiger partial charge in [-0.1, -0.05) is 20.3 Å². The molecule has 1 fully saturated rings. The minimum absolute atomic E-state index is 0.150. The number of rotatable bonds is 7. The van der Waals surface area contributed by atoms with Crippen LogP contribution < -0.4 is 0 Å². The molecule has 3 atom stereocenters. The van der Waals surface area contributed by atoms with E-state index in [4.69, 9.17) is 4.42 Å². The molecule has 1 aliphatic rings. The first kappa shape index (κ1) is 14.2. The fourth-order valence-corrected chi connectivity index (χ4v) is 2.59. The molecule has 1 aromatic heterocycles. The van der Waals surface area contributed by atoms with Crippen molar-refractivity contribution in [1.29, 1.82) is 0 Å². The topological polar surface area (TPSA) is 33.5 Å². The highest BCUT2D eigenvalue weighted by molar-refractivity contribution is 5.83. The van der Waals surface area contributed by atoms with Crippen molar-refractivity contribution in [3.8, 4) is 0 Å². The third kappa shape index (κ3) is 3.20. The Balaban J connectivity index is 1.96. The van der Waals surface area contributed by atoms with Gasteiger partial charge >= 0.3 is 0 Å². The van der Waals surface area contributed by atoms with Crippen molar-refractivity contribution in [3.63, 3.8) is 0 Å². The van der Waals surface area contributed by atoms with E-state index in [2.05, 4.69) is 25.7 Å². The Morgan fingerprint density at radius 2 is 2.32 bits per heavy atom. The van der Waals surface area contributed by atoms with Crippen LogP contribution >= 0.6 is 0 Å². The van der Waals surface area contributed by atoms with Gasteiger partial charge in [-0.25, -0.2) is 0 Å². The third-order valence-electron chi connectivity index (χ3n) is 4.17. The van der Waals surface area contributed by atoms with Gasteiger partial charge in [0.2, 0.25) is 5.91 Å². The zero-order valence-electron chi connectivity index (χ0n) is 12.3. The standard InChI is InChI=1S/C16H25NO2/c1-4-6-9-17(12(3)5-2)16(18)14-11-13(14)15-8-7-10-19-15/h7-8,10,12-14H,4-6,9,11H2,1-3H3. The van der Waals surface area contributed by atoms with Crippen LogP contribution in [-0.2, 0) is 4.79 Å². The molecule has 1 heterocycles. The van der Waals surface area contributed by atoms with Crippen molar-refractivity contribution in [2.75, 3.05) is 6.54 Å². The number of amides is 1. The number of carbonyl (C=O) groups excluding carboxylic acids is 1. The van der Waals surface area contributed by atoms with E-state index < -0.39 is 0 Å². The highest BCUT2D eigenvalue weighted by Crippen LogP contribution is 2.48. The van der Waals surface area contributed by atoms with E-state index in [0.717, 1.165) is 38.0 Å². The fourth-order valence-electron chi connectivity index (χ4n) is 2.59. The van der Waals surface area contributed by atoms with Gasteiger partial charge in [0.05, 0.1) is 6.26 Å². The van der Waals surface area contributed by atoms with Crippen molar-refractivity contribution in [1.82, 2.24) is 4.90 Å². The normalized spacial score (nSPS) is 23.1. The molecule has 106 valence electrons. The molecule has 3 unspecified atom stereocenters. The lowest BCUT2D eigenvalue weighted by Crippen LogP contribution is -2.40. The number of furan rings is 1. The van der Waals surface area contributed by atoms with Crippen LogP contribution in [0.2, 0.25) is 0 Å². The van der Waals surface area contributed by atoms with Crippen LogP contribution in [0.15, 0.2) is 22.8 Å². The van der Waals surface area contributed by atoms with E-state index in [1.807, 2.05) is 12.1 Å². The van der Waals surface area contributed by atoms with E-state index >= 15 is 0 Å². The molecule has 1 aromatic rings. The van der Waals surface area contributed by atoms with Gasteiger partial charge in [-0.3, -0.25) is 4.79 Å². The summed E-state index contributed by atoms with van der Waals surface area (Å²) in [7, 11) is 0. The quantitative estimate of drug-likeness (QED) is 0.749. The highest BCUT2D eigenvalue weighted by atomic mass is 16.3. The Bertz CT molecular complexity index is 399. The van der Waals surface area contributed by atoms with Crippen molar-refractivity contribution in [3.05, 3.63) is 24.2 Å². The van der Waals surface area contributed by atoms with Gasteiger partial charge in [0.25, 0.3) is 0 Å². The molecular formula is C16H25NO2. The molecule has 3 nitrogen and oxygen atoms in total. The summed E-state index contributed by atoms with van der Waals surface area (Å²) < 4.78 is 5.41. The molecule has 1 saturated carbocycles. The Kier molecular flexibility index (Phi) is 4.67. The smallest absolute Gasteiger partial charge is 0.226 e. The highest BCUT2D eigenvalue weighted by Gasteiger charge is 2.47. The van der Waals surface area contributed by atoms with E-state index in [0.29, 0.717) is 17.9 Å². The zero-order chi connectivity index (χ0) is 13.8. The molecule has 2 rings (SSSR count). The van der Waals surface area contributed by atoms with Crippen molar-refractivity contribution >= 4 is 5.91 Å².